The summed E-state index contributed by atoms with van der Waals surface area (Å²) in [5, 5.41) is 3.10. The molecule has 0 radical (unpaired) electrons. The molecule has 4 aliphatic rings. The summed E-state index contributed by atoms with van der Waals surface area (Å²) < 4.78 is 0. The molecule has 0 aromatic heterocycles. The summed E-state index contributed by atoms with van der Waals surface area (Å²) in [4.78, 5) is 12.0. The number of carbonyl (C=O) groups excluding carboxylic acids is 1. The molecule has 3 heteroatoms. The first-order valence-electron chi connectivity index (χ1n) is 6.31. The molecule has 4 saturated carbocycles. The van der Waals surface area contributed by atoms with E-state index in [4.69, 9.17) is 5.73 Å². The zero-order chi connectivity index (χ0) is 10.2. The minimum Gasteiger partial charge on any atom is -0.351 e. The lowest BCUT2D eigenvalue weighted by molar-refractivity contribution is -0.123. The number of rotatable bonds is 2. The molecular formula is C12H18N2O. The molecule has 82 valence electrons. The van der Waals surface area contributed by atoms with Crippen molar-refractivity contribution in [1.29, 1.82) is 0 Å². The molecule has 6 atom stereocenters. The van der Waals surface area contributed by atoms with Crippen LogP contribution in [0, 0.1) is 29.6 Å². The Kier molecular flexibility index (Phi) is 1.47. The first-order chi connectivity index (χ1) is 7.25. The Labute approximate surface area is 89.8 Å². The van der Waals surface area contributed by atoms with Gasteiger partial charge in [0.2, 0.25) is 5.91 Å². The number of carbonyl (C=O) groups is 1. The first kappa shape index (κ1) is 8.57. The number of hydrogen-bond donors (Lipinski definition) is 2. The predicted octanol–water partition coefficient (Wildman–Crippen LogP) is 0.494. The molecule has 0 spiro atoms. The van der Waals surface area contributed by atoms with Crippen LogP contribution in [0.15, 0.2) is 0 Å². The van der Waals surface area contributed by atoms with Crippen molar-refractivity contribution in [3.05, 3.63) is 0 Å². The summed E-state index contributed by atoms with van der Waals surface area (Å²) in [6.45, 7) is 0. The van der Waals surface area contributed by atoms with Crippen molar-refractivity contribution in [3.63, 3.8) is 0 Å². The van der Waals surface area contributed by atoms with Gasteiger partial charge in [0.05, 0.1) is 0 Å². The highest BCUT2D eigenvalue weighted by atomic mass is 16.2. The van der Waals surface area contributed by atoms with Crippen molar-refractivity contribution in [2.75, 3.05) is 0 Å². The Morgan fingerprint density at radius 1 is 1.13 bits per heavy atom. The van der Waals surface area contributed by atoms with Gasteiger partial charge >= 0.3 is 0 Å². The van der Waals surface area contributed by atoms with Gasteiger partial charge in [-0.15, -0.1) is 0 Å². The molecule has 15 heavy (non-hydrogen) atoms. The first-order valence-corrected chi connectivity index (χ1v) is 6.31. The van der Waals surface area contributed by atoms with Crippen molar-refractivity contribution in [2.24, 2.45) is 35.3 Å². The summed E-state index contributed by atoms with van der Waals surface area (Å²) >= 11 is 0. The second-order valence-electron chi connectivity index (χ2n) is 6.03. The summed E-state index contributed by atoms with van der Waals surface area (Å²) in [7, 11) is 0. The van der Waals surface area contributed by atoms with Crippen LogP contribution in [0.2, 0.25) is 0 Å². The predicted molar refractivity (Wildman–Crippen MR) is 55.8 cm³/mol. The monoisotopic (exact) mass is 206 g/mol. The molecule has 0 saturated heterocycles. The van der Waals surface area contributed by atoms with Crippen LogP contribution in [-0.2, 0) is 4.79 Å². The van der Waals surface area contributed by atoms with Crippen LogP contribution in [0.4, 0.5) is 0 Å². The van der Waals surface area contributed by atoms with Crippen molar-refractivity contribution in [3.8, 4) is 0 Å². The summed E-state index contributed by atoms with van der Waals surface area (Å²) in [5.74, 6) is 4.01. The summed E-state index contributed by atoms with van der Waals surface area (Å²) in [5.41, 5.74) is 5.70. The molecule has 4 aliphatic carbocycles. The molecule has 4 fully saturated rings. The third kappa shape index (κ3) is 1.07. The average Bonchev–Trinajstić information content (AvgIpc) is 3.02. The van der Waals surface area contributed by atoms with E-state index >= 15 is 0 Å². The van der Waals surface area contributed by atoms with Crippen LogP contribution in [0.1, 0.15) is 25.7 Å². The smallest absolute Gasteiger partial charge is 0.223 e. The van der Waals surface area contributed by atoms with E-state index in [0.717, 1.165) is 30.1 Å². The Morgan fingerprint density at radius 3 is 2.27 bits per heavy atom. The topological polar surface area (TPSA) is 55.1 Å². The molecule has 4 rings (SSSR count). The van der Waals surface area contributed by atoms with Crippen molar-refractivity contribution >= 4 is 5.91 Å². The Hall–Kier alpha value is -0.570. The van der Waals surface area contributed by atoms with Crippen molar-refractivity contribution < 1.29 is 4.79 Å². The van der Waals surface area contributed by atoms with Crippen molar-refractivity contribution in [1.82, 2.24) is 5.32 Å². The van der Waals surface area contributed by atoms with Crippen LogP contribution in [0.5, 0.6) is 0 Å². The summed E-state index contributed by atoms with van der Waals surface area (Å²) in [6, 6.07) is 0.542. The quantitative estimate of drug-likeness (QED) is 0.691. The zero-order valence-electron chi connectivity index (χ0n) is 8.86. The lowest BCUT2D eigenvalue weighted by atomic mass is 10.0. The standard InChI is InChI=1S/C12H18N2O/c13-7-4-8(7)14-12(15)11-9-5-1-2-6(3-5)10(9)11/h5-11H,1-4,13H2,(H,14,15). The minimum atomic E-state index is 0.240. The van der Waals surface area contributed by atoms with Gasteiger partial charge in [0.25, 0.3) is 0 Å². The van der Waals surface area contributed by atoms with E-state index in [9.17, 15) is 4.79 Å². The van der Waals surface area contributed by atoms with Gasteiger partial charge < -0.3 is 11.1 Å². The van der Waals surface area contributed by atoms with Gasteiger partial charge in [0.1, 0.15) is 0 Å². The molecular weight excluding hydrogens is 188 g/mol. The van der Waals surface area contributed by atoms with Gasteiger partial charge in [-0.25, -0.2) is 0 Å². The Morgan fingerprint density at radius 2 is 1.73 bits per heavy atom. The molecule has 3 N–H and O–H groups in total. The molecule has 0 aromatic rings. The van der Waals surface area contributed by atoms with Crippen LogP contribution in [0.25, 0.3) is 0 Å². The van der Waals surface area contributed by atoms with E-state index < -0.39 is 0 Å². The van der Waals surface area contributed by atoms with Crippen LogP contribution in [0.3, 0.4) is 0 Å². The Balaban J connectivity index is 1.42. The molecule has 3 nitrogen and oxygen atoms in total. The molecule has 0 heterocycles. The third-order valence-electron chi connectivity index (χ3n) is 5.21. The van der Waals surface area contributed by atoms with Gasteiger partial charge in [-0.3, -0.25) is 4.79 Å². The van der Waals surface area contributed by atoms with Crippen LogP contribution >= 0.6 is 0 Å². The van der Waals surface area contributed by atoms with Gasteiger partial charge in [0.15, 0.2) is 0 Å². The fraction of sp³-hybridized carbons (Fsp3) is 0.917. The molecule has 2 bridgehead atoms. The lowest BCUT2D eigenvalue weighted by Gasteiger charge is -2.08. The lowest BCUT2D eigenvalue weighted by Crippen LogP contribution is -2.32. The largest absolute Gasteiger partial charge is 0.351 e. The second kappa shape index (κ2) is 2.57. The van der Waals surface area contributed by atoms with E-state index in [1.807, 2.05) is 0 Å². The van der Waals surface area contributed by atoms with Crippen molar-refractivity contribution in [2.45, 2.75) is 37.8 Å². The second-order valence-corrected chi connectivity index (χ2v) is 6.03. The van der Waals surface area contributed by atoms with Gasteiger partial charge in [0, 0.05) is 18.0 Å². The maximum absolute atomic E-state index is 12.0. The number of nitrogens with two attached hydrogens (primary N) is 1. The fourth-order valence-corrected chi connectivity index (χ4v) is 4.34. The molecule has 6 unspecified atom stereocenters. The van der Waals surface area contributed by atoms with Gasteiger partial charge in [-0.05, 0) is 49.4 Å². The molecule has 0 aromatic carbocycles. The van der Waals surface area contributed by atoms with E-state index in [2.05, 4.69) is 5.32 Å². The highest BCUT2D eigenvalue weighted by Crippen LogP contribution is 2.69. The Bertz CT molecular complexity index is 314. The van der Waals surface area contributed by atoms with E-state index in [0.29, 0.717) is 17.9 Å². The van der Waals surface area contributed by atoms with E-state index in [1.165, 1.54) is 19.3 Å². The molecule has 1 amide bonds. The van der Waals surface area contributed by atoms with Gasteiger partial charge in [-0.1, -0.05) is 0 Å². The maximum Gasteiger partial charge on any atom is 0.223 e. The van der Waals surface area contributed by atoms with Crippen LogP contribution < -0.4 is 11.1 Å². The maximum atomic E-state index is 12.0. The number of nitrogens with one attached hydrogen (secondary N) is 1. The minimum absolute atomic E-state index is 0.240. The average molecular weight is 206 g/mol. The highest BCUT2D eigenvalue weighted by Gasteiger charge is 2.67. The SMILES string of the molecule is NC1CC1NC(=O)C1C2C3CCC(C3)C12. The normalized spacial score (nSPS) is 58.9. The zero-order valence-corrected chi connectivity index (χ0v) is 8.86. The van der Waals surface area contributed by atoms with E-state index in [-0.39, 0.29) is 6.04 Å². The number of amides is 1. The number of fused-ring (bicyclic) bond motifs is 5. The van der Waals surface area contributed by atoms with Gasteiger partial charge in [-0.2, -0.15) is 0 Å². The summed E-state index contributed by atoms with van der Waals surface area (Å²) in [6.07, 6.45) is 5.18. The van der Waals surface area contributed by atoms with Crippen LogP contribution in [-0.4, -0.2) is 18.0 Å². The number of hydrogen-bond acceptors (Lipinski definition) is 2. The fourth-order valence-electron chi connectivity index (χ4n) is 4.34. The third-order valence-corrected chi connectivity index (χ3v) is 5.21. The molecule has 0 aliphatic heterocycles. The highest BCUT2D eigenvalue weighted by molar-refractivity contribution is 5.83. The van der Waals surface area contributed by atoms with E-state index in [1.54, 1.807) is 0 Å².